The van der Waals surface area contributed by atoms with E-state index in [1.165, 1.54) is 0 Å². The van der Waals surface area contributed by atoms with Crippen molar-refractivity contribution in [3.05, 3.63) is 0 Å². The number of hydrogen-bond acceptors (Lipinski definition) is 4. The standard InChI is InChI=1S/C9H23NO3Si/c1-9(2)10-7-6-8-14(11-3,12-4)13-5/h9-10H,6-8H2,1-5H3. The number of rotatable bonds is 8. The van der Waals surface area contributed by atoms with Gasteiger partial charge in [0.2, 0.25) is 0 Å². The first kappa shape index (κ1) is 14.1. The first-order valence-electron chi connectivity index (χ1n) is 4.99. The van der Waals surface area contributed by atoms with Crippen molar-refractivity contribution in [1.29, 1.82) is 0 Å². The predicted molar refractivity (Wildman–Crippen MR) is 59.3 cm³/mol. The fourth-order valence-electron chi connectivity index (χ4n) is 1.25. The van der Waals surface area contributed by atoms with Crippen LogP contribution in [0.4, 0.5) is 0 Å². The molecule has 0 aliphatic heterocycles. The van der Waals surface area contributed by atoms with Crippen LogP contribution in [0.3, 0.4) is 0 Å². The van der Waals surface area contributed by atoms with Crippen molar-refractivity contribution in [1.82, 2.24) is 5.32 Å². The first-order valence-corrected chi connectivity index (χ1v) is 6.92. The van der Waals surface area contributed by atoms with Crippen molar-refractivity contribution < 1.29 is 13.3 Å². The van der Waals surface area contributed by atoms with E-state index in [0.717, 1.165) is 19.0 Å². The van der Waals surface area contributed by atoms with Crippen molar-refractivity contribution in [2.24, 2.45) is 0 Å². The van der Waals surface area contributed by atoms with Gasteiger partial charge in [-0.3, -0.25) is 0 Å². The molecule has 0 aromatic heterocycles. The molecule has 14 heavy (non-hydrogen) atoms. The highest BCUT2D eigenvalue weighted by Gasteiger charge is 2.36. The normalized spacial score (nSPS) is 12.4. The lowest BCUT2D eigenvalue weighted by molar-refractivity contribution is 0.123. The lowest BCUT2D eigenvalue weighted by Gasteiger charge is -2.24. The van der Waals surface area contributed by atoms with Crippen LogP contribution in [0.25, 0.3) is 0 Å². The molecule has 0 fully saturated rings. The maximum Gasteiger partial charge on any atom is 0.500 e. The predicted octanol–water partition coefficient (Wildman–Crippen LogP) is 1.25. The van der Waals surface area contributed by atoms with Crippen LogP contribution in [0.2, 0.25) is 6.04 Å². The largest absolute Gasteiger partial charge is 0.500 e. The SMILES string of the molecule is CO[Si](CCCNC(C)C)(OC)OC. The van der Waals surface area contributed by atoms with Gasteiger partial charge in [-0.1, -0.05) is 13.8 Å². The molecule has 0 heterocycles. The topological polar surface area (TPSA) is 39.7 Å². The zero-order valence-electron chi connectivity index (χ0n) is 9.92. The van der Waals surface area contributed by atoms with Crippen LogP contribution in [-0.4, -0.2) is 42.7 Å². The average molecular weight is 221 g/mol. The fraction of sp³-hybridized carbons (Fsp3) is 1.00. The van der Waals surface area contributed by atoms with E-state index in [0.29, 0.717) is 6.04 Å². The zero-order valence-corrected chi connectivity index (χ0v) is 10.9. The minimum absolute atomic E-state index is 0.527. The Labute approximate surface area is 88.3 Å². The number of nitrogens with one attached hydrogen (secondary N) is 1. The summed E-state index contributed by atoms with van der Waals surface area (Å²) in [5, 5.41) is 3.35. The fourth-order valence-corrected chi connectivity index (χ4v) is 2.97. The van der Waals surface area contributed by atoms with Gasteiger partial charge in [-0.2, -0.15) is 0 Å². The van der Waals surface area contributed by atoms with Crippen LogP contribution in [-0.2, 0) is 13.3 Å². The molecule has 0 atom stereocenters. The molecule has 0 unspecified atom stereocenters. The van der Waals surface area contributed by atoms with Crippen molar-refractivity contribution >= 4 is 8.80 Å². The van der Waals surface area contributed by atoms with E-state index in [1.54, 1.807) is 21.3 Å². The second kappa shape index (κ2) is 7.36. The summed E-state index contributed by atoms with van der Waals surface area (Å²) in [5.41, 5.74) is 0. The van der Waals surface area contributed by atoms with Gasteiger partial charge in [0.1, 0.15) is 0 Å². The van der Waals surface area contributed by atoms with Gasteiger partial charge in [0, 0.05) is 33.4 Å². The third-order valence-corrected chi connectivity index (χ3v) is 4.98. The van der Waals surface area contributed by atoms with E-state index < -0.39 is 8.80 Å². The second-order valence-corrected chi connectivity index (χ2v) is 6.60. The Balaban J connectivity index is 3.71. The quantitative estimate of drug-likeness (QED) is 0.495. The van der Waals surface area contributed by atoms with Crippen LogP contribution >= 0.6 is 0 Å². The molecule has 0 bridgehead atoms. The van der Waals surface area contributed by atoms with E-state index in [-0.39, 0.29) is 0 Å². The molecule has 4 nitrogen and oxygen atoms in total. The van der Waals surface area contributed by atoms with Gasteiger partial charge in [-0.05, 0) is 13.0 Å². The summed E-state index contributed by atoms with van der Waals surface area (Å²) in [7, 11) is 2.61. The Kier molecular flexibility index (Phi) is 7.39. The molecule has 0 rings (SSSR count). The molecule has 86 valence electrons. The van der Waals surface area contributed by atoms with Crippen molar-refractivity contribution in [3.8, 4) is 0 Å². The van der Waals surface area contributed by atoms with E-state index in [2.05, 4.69) is 19.2 Å². The third-order valence-electron chi connectivity index (χ3n) is 2.15. The van der Waals surface area contributed by atoms with Crippen LogP contribution in [0.1, 0.15) is 20.3 Å². The average Bonchev–Trinajstić information content (AvgIpc) is 2.19. The summed E-state index contributed by atoms with van der Waals surface area (Å²) in [4.78, 5) is 0. The Morgan fingerprint density at radius 3 is 1.93 bits per heavy atom. The van der Waals surface area contributed by atoms with Crippen molar-refractivity contribution in [2.45, 2.75) is 32.4 Å². The monoisotopic (exact) mass is 221 g/mol. The Morgan fingerprint density at radius 1 is 1.07 bits per heavy atom. The minimum atomic E-state index is -2.33. The van der Waals surface area contributed by atoms with Crippen molar-refractivity contribution in [2.75, 3.05) is 27.9 Å². The summed E-state index contributed by atoms with van der Waals surface area (Å²) in [5.74, 6) is 0. The summed E-state index contributed by atoms with van der Waals surface area (Å²) < 4.78 is 15.9. The molecular weight excluding hydrogens is 198 g/mol. The van der Waals surface area contributed by atoms with E-state index >= 15 is 0 Å². The second-order valence-electron chi connectivity index (χ2n) is 3.51. The van der Waals surface area contributed by atoms with Gasteiger partial charge < -0.3 is 18.6 Å². The molecule has 1 N–H and O–H groups in total. The van der Waals surface area contributed by atoms with Crippen LogP contribution in [0.5, 0.6) is 0 Å². The van der Waals surface area contributed by atoms with Gasteiger partial charge >= 0.3 is 8.80 Å². The molecule has 0 aromatic rings. The Hall–Kier alpha value is 0.0569. The minimum Gasteiger partial charge on any atom is -0.377 e. The molecule has 5 heteroatoms. The zero-order chi connectivity index (χ0) is 11.0. The Bertz CT molecular complexity index is 132. The molecular formula is C9H23NO3Si. The van der Waals surface area contributed by atoms with Gasteiger partial charge in [0.25, 0.3) is 0 Å². The first-order chi connectivity index (χ1) is 6.60. The molecule has 0 spiro atoms. The highest BCUT2D eigenvalue weighted by Crippen LogP contribution is 2.14. The van der Waals surface area contributed by atoms with Gasteiger partial charge in [-0.15, -0.1) is 0 Å². The van der Waals surface area contributed by atoms with E-state index in [9.17, 15) is 0 Å². The highest BCUT2D eigenvalue weighted by molar-refractivity contribution is 6.60. The van der Waals surface area contributed by atoms with Crippen LogP contribution in [0.15, 0.2) is 0 Å². The highest BCUT2D eigenvalue weighted by atomic mass is 28.4. The summed E-state index contributed by atoms with van der Waals surface area (Å²) >= 11 is 0. The molecule has 0 amide bonds. The van der Waals surface area contributed by atoms with Gasteiger partial charge in [0.15, 0.2) is 0 Å². The molecule has 0 saturated heterocycles. The lowest BCUT2D eigenvalue weighted by atomic mass is 10.4. The van der Waals surface area contributed by atoms with Crippen LogP contribution in [0, 0.1) is 0 Å². The Morgan fingerprint density at radius 2 is 1.57 bits per heavy atom. The van der Waals surface area contributed by atoms with E-state index in [1.807, 2.05) is 0 Å². The maximum atomic E-state index is 5.31. The summed E-state index contributed by atoms with van der Waals surface area (Å²) in [6.45, 7) is 5.24. The molecule has 0 aliphatic rings. The van der Waals surface area contributed by atoms with Crippen LogP contribution < -0.4 is 5.32 Å². The van der Waals surface area contributed by atoms with Gasteiger partial charge in [-0.25, -0.2) is 0 Å². The molecule has 0 aliphatic carbocycles. The summed E-state index contributed by atoms with van der Waals surface area (Å²) in [6.07, 6.45) is 1.01. The molecule has 0 aromatic carbocycles. The maximum absolute atomic E-state index is 5.31. The molecule has 0 saturated carbocycles. The summed E-state index contributed by atoms with van der Waals surface area (Å²) in [6, 6.07) is 1.38. The number of hydrogen-bond donors (Lipinski definition) is 1. The smallest absolute Gasteiger partial charge is 0.377 e. The van der Waals surface area contributed by atoms with E-state index in [4.69, 9.17) is 13.3 Å². The lowest BCUT2D eigenvalue weighted by Crippen LogP contribution is -2.43. The van der Waals surface area contributed by atoms with Crippen molar-refractivity contribution in [3.63, 3.8) is 0 Å². The third kappa shape index (κ3) is 5.07. The van der Waals surface area contributed by atoms with Gasteiger partial charge in [0.05, 0.1) is 0 Å². The molecule has 0 radical (unpaired) electrons.